The van der Waals surface area contributed by atoms with Crippen molar-refractivity contribution < 1.29 is 27.8 Å². The third-order valence-electron chi connectivity index (χ3n) is 5.00. The van der Waals surface area contributed by atoms with Crippen LogP contribution < -0.4 is 21.3 Å². The summed E-state index contributed by atoms with van der Waals surface area (Å²) in [4.78, 5) is 41.9. The lowest BCUT2D eigenvalue weighted by Gasteiger charge is -2.14. The Balaban J connectivity index is 1.98. The number of benzene rings is 2. The number of amides is 1. The van der Waals surface area contributed by atoms with E-state index in [-0.39, 0.29) is 10.6 Å². The number of methoxy groups -OCH3 is 1. The molecule has 1 amide bonds. The van der Waals surface area contributed by atoms with Crippen molar-refractivity contribution in [3.05, 3.63) is 80.5 Å². The molecule has 190 valence electrons. The van der Waals surface area contributed by atoms with E-state index in [9.17, 15) is 32.7 Å². The van der Waals surface area contributed by atoms with Gasteiger partial charge < -0.3 is 15.2 Å². The maximum absolute atomic E-state index is 13.3. The molecule has 0 aliphatic rings. The molecule has 0 aliphatic carbocycles. The molecule has 2 N–H and O–H groups in total. The zero-order valence-electron chi connectivity index (χ0n) is 19.3. The fourth-order valence-corrected chi connectivity index (χ4v) is 3.95. The Kier molecular flexibility index (Phi) is 7.93. The van der Waals surface area contributed by atoms with E-state index < -0.39 is 46.2 Å². The lowest BCUT2D eigenvalue weighted by molar-refractivity contribution is -0.137. The van der Waals surface area contributed by atoms with E-state index >= 15 is 0 Å². The van der Waals surface area contributed by atoms with Crippen LogP contribution >= 0.6 is 11.8 Å². The lowest BCUT2D eigenvalue weighted by Crippen LogP contribution is -2.39. The zero-order chi connectivity index (χ0) is 26.6. The first kappa shape index (κ1) is 26.6. The Morgan fingerprint density at radius 3 is 2.33 bits per heavy atom. The number of carbonyl (C=O) groups excluding carboxylic acids is 1. The number of nitrogens with one attached hydrogen (secondary N) is 1. The topological polar surface area (TPSA) is 115 Å². The third-order valence-corrected chi connectivity index (χ3v) is 5.97. The molecule has 0 saturated carbocycles. The number of ether oxygens (including phenoxy) is 1. The highest BCUT2D eigenvalue weighted by atomic mass is 32.2. The number of thioether (sulfide) groups is 1. The van der Waals surface area contributed by atoms with Crippen LogP contribution in [0, 0.1) is 0 Å². The molecule has 13 heteroatoms. The molecular weight excluding hydrogens is 501 g/mol. The van der Waals surface area contributed by atoms with Gasteiger partial charge in [-0.05, 0) is 36.4 Å². The van der Waals surface area contributed by atoms with Crippen molar-refractivity contribution >= 4 is 34.1 Å². The number of hydrogen-bond acceptors (Lipinski definition) is 7. The van der Waals surface area contributed by atoms with Crippen molar-refractivity contribution in [3.8, 4) is 11.6 Å². The number of aromatic hydroxyl groups is 1. The molecule has 0 aliphatic heterocycles. The molecule has 9 nitrogen and oxygen atoms in total. The van der Waals surface area contributed by atoms with Crippen LogP contribution in [0.4, 0.5) is 24.5 Å². The number of aromatic nitrogens is 2. The monoisotopic (exact) mass is 522 g/mol. The van der Waals surface area contributed by atoms with E-state index in [2.05, 4.69) is 10.3 Å². The smallest absolute Gasteiger partial charge is 0.418 e. The van der Waals surface area contributed by atoms with Gasteiger partial charge in [0.05, 0.1) is 29.8 Å². The van der Waals surface area contributed by atoms with Crippen molar-refractivity contribution in [2.75, 3.05) is 18.2 Å². The van der Waals surface area contributed by atoms with Crippen molar-refractivity contribution in [2.24, 2.45) is 19.1 Å². The second kappa shape index (κ2) is 10.7. The van der Waals surface area contributed by atoms with Crippen LogP contribution in [0.2, 0.25) is 0 Å². The average molecular weight is 523 g/mol. The first-order valence-electron chi connectivity index (χ1n) is 10.2. The predicted molar refractivity (Wildman–Crippen MR) is 130 cm³/mol. The molecule has 0 unspecified atom stereocenters. The molecule has 0 bridgehead atoms. The molecule has 0 fully saturated rings. The van der Waals surface area contributed by atoms with E-state index in [0.717, 1.165) is 21.3 Å². The second-order valence-corrected chi connectivity index (χ2v) is 8.36. The van der Waals surface area contributed by atoms with Crippen LogP contribution in [0.3, 0.4) is 0 Å². The minimum absolute atomic E-state index is 0.117. The van der Waals surface area contributed by atoms with Gasteiger partial charge in [-0.15, -0.1) is 0 Å². The van der Waals surface area contributed by atoms with Gasteiger partial charge in [0, 0.05) is 14.1 Å². The molecule has 1 heterocycles. The molecular formula is C23H21F3N4O5S. The molecule has 0 spiro atoms. The van der Waals surface area contributed by atoms with Crippen LogP contribution in [0.25, 0.3) is 0 Å². The van der Waals surface area contributed by atoms with Crippen LogP contribution in [-0.2, 0) is 25.1 Å². The number of alkyl halides is 3. The number of carbonyl (C=O) groups is 1. The number of para-hydroxylation sites is 1. The molecule has 1 aromatic heterocycles. The standard InChI is InChI=1S/C23H21F3N4O5S/c1-29-20(32)18(21(33)30(2)22(29)34)19(27-13-8-10-14(35-3)11-9-13)36-12-17(31)28-16-7-5-4-6-15(16)23(24,25)26/h4-11,32H,12H2,1-3H3,(H,28,31). The Hall–Kier alpha value is -4.00. The summed E-state index contributed by atoms with van der Waals surface area (Å²) in [5, 5.41) is 12.6. The molecule has 3 rings (SSSR count). The first-order valence-corrected chi connectivity index (χ1v) is 11.2. The van der Waals surface area contributed by atoms with Gasteiger partial charge in [-0.25, -0.2) is 9.79 Å². The predicted octanol–water partition coefficient (Wildman–Crippen LogP) is 3.27. The van der Waals surface area contributed by atoms with E-state index in [1.54, 1.807) is 24.3 Å². The van der Waals surface area contributed by atoms with Gasteiger partial charge in [-0.1, -0.05) is 23.9 Å². The van der Waals surface area contributed by atoms with E-state index in [0.29, 0.717) is 23.2 Å². The highest BCUT2D eigenvalue weighted by Crippen LogP contribution is 2.34. The number of nitrogens with zero attached hydrogens (tertiary/aromatic N) is 3. The van der Waals surface area contributed by atoms with Crippen molar-refractivity contribution in [3.63, 3.8) is 0 Å². The SMILES string of the molecule is COc1ccc(N=C(SCC(=O)Nc2ccccc2C(F)(F)F)c2c(O)n(C)c(=O)n(C)c2=O)cc1. The lowest BCUT2D eigenvalue weighted by atomic mass is 10.1. The summed E-state index contributed by atoms with van der Waals surface area (Å²) < 4.78 is 46.4. The van der Waals surface area contributed by atoms with E-state index in [1.807, 2.05) is 0 Å². The van der Waals surface area contributed by atoms with E-state index in [4.69, 9.17) is 4.74 Å². The molecule has 0 radical (unpaired) electrons. The summed E-state index contributed by atoms with van der Waals surface area (Å²) in [6.07, 6.45) is -4.68. The van der Waals surface area contributed by atoms with Gasteiger partial charge >= 0.3 is 11.9 Å². The number of halogens is 3. The van der Waals surface area contributed by atoms with Crippen LogP contribution in [0.15, 0.2) is 63.1 Å². The highest BCUT2D eigenvalue weighted by molar-refractivity contribution is 8.15. The van der Waals surface area contributed by atoms with Crippen LogP contribution in [-0.4, -0.2) is 38.1 Å². The van der Waals surface area contributed by atoms with Crippen LogP contribution in [0.1, 0.15) is 11.1 Å². The van der Waals surface area contributed by atoms with Gasteiger partial charge in [0.2, 0.25) is 11.8 Å². The molecule has 2 aromatic carbocycles. The summed E-state index contributed by atoms with van der Waals surface area (Å²) in [5.74, 6) is -1.40. The average Bonchev–Trinajstić information content (AvgIpc) is 2.85. The number of hydrogen-bond donors (Lipinski definition) is 2. The van der Waals surface area contributed by atoms with Crippen molar-refractivity contribution in [1.82, 2.24) is 9.13 Å². The molecule has 0 saturated heterocycles. The minimum atomic E-state index is -4.68. The number of aliphatic imine (C=N–C) groups is 1. The summed E-state index contributed by atoms with van der Waals surface area (Å²) in [6.45, 7) is 0. The molecule has 0 atom stereocenters. The minimum Gasteiger partial charge on any atom is -0.497 e. The molecule has 36 heavy (non-hydrogen) atoms. The van der Waals surface area contributed by atoms with Crippen LogP contribution in [0.5, 0.6) is 11.6 Å². The summed E-state index contributed by atoms with van der Waals surface area (Å²) >= 11 is 0.708. The summed E-state index contributed by atoms with van der Waals surface area (Å²) in [7, 11) is 3.93. The quantitative estimate of drug-likeness (QED) is 0.379. The first-order chi connectivity index (χ1) is 16.9. The second-order valence-electron chi connectivity index (χ2n) is 7.40. The fraction of sp³-hybridized carbons (Fsp3) is 0.217. The van der Waals surface area contributed by atoms with E-state index in [1.165, 1.54) is 33.3 Å². The normalized spacial score (nSPS) is 11.9. The summed E-state index contributed by atoms with van der Waals surface area (Å²) in [6, 6.07) is 10.8. The van der Waals surface area contributed by atoms with Crippen molar-refractivity contribution in [1.29, 1.82) is 0 Å². The Labute approximate surface area is 206 Å². The zero-order valence-corrected chi connectivity index (χ0v) is 20.1. The molecule has 3 aromatic rings. The van der Waals surface area contributed by atoms with Gasteiger partial charge in [0.25, 0.3) is 5.56 Å². The fourth-order valence-electron chi connectivity index (χ4n) is 3.11. The number of anilines is 1. The number of rotatable bonds is 6. The third kappa shape index (κ3) is 5.79. The van der Waals surface area contributed by atoms with Crippen molar-refractivity contribution in [2.45, 2.75) is 6.18 Å². The Bertz CT molecular complexity index is 1430. The van der Waals surface area contributed by atoms with Gasteiger partial charge in [0.1, 0.15) is 16.4 Å². The Morgan fingerprint density at radius 1 is 1.08 bits per heavy atom. The highest BCUT2D eigenvalue weighted by Gasteiger charge is 2.33. The Morgan fingerprint density at radius 2 is 1.72 bits per heavy atom. The maximum atomic E-state index is 13.3. The largest absolute Gasteiger partial charge is 0.497 e. The summed E-state index contributed by atoms with van der Waals surface area (Å²) in [5.41, 5.74) is -3.10. The van der Waals surface area contributed by atoms with Gasteiger partial charge in [-0.3, -0.25) is 18.7 Å². The van der Waals surface area contributed by atoms with Gasteiger partial charge in [-0.2, -0.15) is 13.2 Å². The van der Waals surface area contributed by atoms with Gasteiger partial charge in [0.15, 0.2) is 0 Å². The maximum Gasteiger partial charge on any atom is 0.418 e.